The molecular weight excluding hydrogens is 214 g/mol. The second kappa shape index (κ2) is 3.54. The lowest BCUT2D eigenvalue weighted by Gasteiger charge is -1.97. The average Bonchev–Trinajstić information content (AvgIpc) is 2.57. The fourth-order valence-corrected chi connectivity index (χ4v) is 1.36. The molecule has 0 radical (unpaired) electrons. The zero-order valence-corrected chi connectivity index (χ0v) is 7.95. The van der Waals surface area contributed by atoms with Gasteiger partial charge in [0.2, 0.25) is 0 Å². The molecule has 0 saturated carbocycles. The first kappa shape index (κ1) is 9.97. The summed E-state index contributed by atoms with van der Waals surface area (Å²) in [5.74, 6) is -0.746. The van der Waals surface area contributed by atoms with Gasteiger partial charge in [-0.2, -0.15) is 0 Å². The summed E-state index contributed by atoms with van der Waals surface area (Å²) < 4.78 is 0. The number of carbonyl (C=O) groups excluding carboxylic acids is 1. The number of carboxylic acid groups (broad SMARTS) is 1. The molecule has 0 atom stereocenters. The molecule has 0 spiro atoms. The molecule has 1 aromatic heterocycles. The first-order chi connectivity index (χ1) is 7.59. The Labute approximate surface area is 89.0 Å². The largest absolute Gasteiger partial charge is 0.532 e. The third-order valence-corrected chi connectivity index (χ3v) is 1.95. The van der Waals surface area contributed by atoms with E-state index >= 15 is 0 Å². The number of hydrogen-bond acceptors (Lipinski definition) is 4. The van der Waals surface area contributed by atoms with Crippen molar-refractivity contribution in [3.05, 3.63) is 30.0 Å². The van der Waals surface area contributed by atoms with Crippen LogP contribution in [-0.4, -0.2) is 27.1 Å². The van der Waals surface area contributed by atoms with Crippen LogP contribution >= 0.6 is 0 Å². The van der Waals surface area contributed by atoms with Gasteiger partial charge >= 0.3 is 6.16 Å². The van der Waals surface area contributed by atoms with Crippen LogP contribution in [0.15, 0.2) is 24.3 Å². The number of nitrogens with two attached hydrogens (primary N) is 1. The van der Waals surface area contributed by atoms with Gasteiger partial charge in [-0.25, -0.2) is 4.79 Å². The smallest absolute Gasteiger partial charge is 0.448 e. The van der Waals surface area contributed by atoms with Crippen molar-refractivity contribution in [1.82, 2.24) is 9.94 Å². The molecule has 0 unspecified atom stereocenters. The summed E-state index contributed by atoms with van der Waals surface area (Å²) in [5, 5.41) is 12.6. The minimum absolute atomic E-state index is 0.0307. The monoisotopic (exact) mass is 221 g/mol. The van der Waals surface area contributed by atoms with E-state index in [2.05, 4.69) is 9.94 Å². The van der Waals surface area contributed by atoms with Crippen LogP contribution < -0.4 is 10.6 Å². The predicted molar refractivity (Wildman–Crippen MR) is 52.9 cm³/mol. The van der Waals surface area contributed by atoms with Gasteiger partial charge in [-0.1, -0.05) is 23.0 Å². The van der Waals surface area contributed by atoms with Crippen molar-refractivity contribution in [3.63, 3.8) is 0 Å². The van der Waals surface area contributed by atoms with Gasteiger partial charge in [0.25, 0.3) is 5.91 Å². The summed E-state index contributed by atoms with van der Waals surface area (Å²) >= 11 is 0. The molecule has 1 aromatic carbocycles. The third kappa shape index (κ3) is 1.54. The Morgan fingerprint density at radius 2 is 2.06 bits per heavy atom. The lowest BCUT2D eigenvalue weighted by atomic mass is 10.2. The van der Waals surface area contributed by atoms with Crippen LogP contribution in [0, 0.1) is 0 Å². The van der Waals surface area contributed by atoms with Crippen molar-refractivity contribution < 1.29 is 19.5 Å². The predicted octanol–water partition coefficient (Wildman–Crippen LogP) is 0.242. The summed E-state index contributed by atoms with van der Waals surface area (Å²) in [6.07, 6.45) is -1.52. The number of rotatable bonds is 2. The summed E-state index contributed by atoms with van der Waals surface area (Å²) in [4.78, 5) is 26.6. The molecule has 7 nitrogen and oxygen atoms in total. The van der Waals surface area contributed by atoms with Crippen LogP contribution in [0.5, 0.6) is 0 Å². The van der Waals surface area contributed by atoms with Crippen LogP contribution in [0.3, 0.4) is 0 Å². The number of hydrogen-bond donors (Lipinski definition) is 2. The molecule has 2 aromatic rings. The van der Waals surface area contributed by atoms with E-state index in [-0.39, 0.29) is 5.69 Å². The number of benzene rings is 1. The van der Waals surface area contributed by atoms with E-state index < -0.39 is 12.1 Å². The molecule has 0 aliphatic carbocycles. The Morgan fingerprint density at radius 3 is 2.69 bits per heavy atom. The minimum atomic E-state index is -1.52. The van der Waals surface area contributed by atoms with Crippen molar-refractivity contribution in [2.45, 2.75) is 0 Å². The highest BCUT2D eigenvalue weighted by atomic mass is 16.8. The number of fused-ring (bicyclic) bond motifs is 1. The third-order valence-electron chi connectivity index (χ3n) is 1.95. The van der Waals surface area contributed by atoms with E-state index in [1.165, 1.54) is 0 Å². The molecule has 7 heteroatoms. The summed E-state index contributed by atoms with van der Waals surface area (Å²) in [6, 6.07) is 6.51. The van der Waals surface area contributed by atoms with Crippen molar-refractivity contribution in [1.29, 1.82) is 0 Å². The molecular formula is C9H7N3O4. The molecule has 0 fully saturated rings. The van der Waals surface area contributed by atoms with Crippen LogP contribution in [0.1, 0.15) is 10.5 Å². The van der Waals surface area contributed by atoms with Crippen LogP contribution in [-0.2, 0) is 0 Å². The number of nitrogens with zero attached hydrogens (tertiary/aromatic N) is 2. The van der Waals surface area contributed by atoms with E-state index in [1.807, 2.05) is 0 Å². The normalized spacial score (nSPS) is 10.2. The van der Waals surface area contributed by atoms with E-state index in [1.54, 1.807) is 24.3 Å². The summed E-state index contributed by atoms with van der Waals surface area (Å²) in [7, 11) is 0. The maximum atomic E-state index is 11.1. The highest BCUT2D eigenvalue weighted by Gasteiger charge is 2.16. The van der Waals surface area contributed by atoms with Crippen molar-refractivity contribution >= 4 is 23.0 Å². The second-order valence-electron chi connectivity index (χ2n) is 2.96. The lowest BCUT2D eigenvalue weighted by Crippen LogP contribution is -2.20. The Balaban J connectivity index is 2.66. The zero-order chi connectivity index (χ0) is 11.7. The van der Waals surface area contributed by atoms with Gasteiger partial charge in [0.05, 0.1) is 0 Å². The summed E-state index contributed by atoms with van der Waals surface area (Å²) in [6.45, 7) is 0. The van der Waals surface area contributed by atoms with Crippen LogP contribution in [0.4, 0.5) is 4.79 Å². The molecule has 1 amide bonds. The van der Waals surface area contributed by atoms with Gasteiger partial charge in [0, 0.05) is 5.39 Å². The quantitative estimate of drug-likeness (QED) is 0.755. The molecule has 16 heavy (non-hydrogen) atoms. The lowest BCUT2D eigenvalue weighted by molar-refractivity contribution is 0.0716. The van der Waals surface area contributed by atoms with Gasteiger partial charge in [-0.05, 0) is 6.07 Å². The molecule has 0 bridgehead atoms. The minimum Gasteiger partial charge on any atom is -0.448 e. The van der Waals surface area contributed by atoms with E-state index in [0.29, 0.717) is 10.9 Å². The Hall–Kier alpha value is -2.57. The number of aromatic nitrogens is 2. The number of para-hydroxylation sites is 1. The SMILES string of the molecule is NC(=O)c1nn(OC(=O)O)c2ccccc12. The molecule has 82 valence electrons. The second-order valence-corrected chi connectivity index (χ2v) is 2.96. The number of amides is 1. The van der Waals surface area contributed by atoms with Gasteiger partial charge in [0.1, 0.15) is 5.52 Å². The number of carbonyl (C=O) groups is 2. The maximum Gasteiger partial charge on any atom is 0.532 e. The highest BCUT2D eigenvalue weighted by Crippen LogP contribution is 2.16. The van der Waals surface area contributed by atoms with Gasteiger partial charge in [0.15, 0.2) is 5.69 Å². The Kier molecular flexibility index (Phi) is 2.20. The molecule has 0 aliphatic heterocycles. The summed E-state index contributed by atoms with van der Waals surface area (Å²) in [5.41, 5.74) is 5.44. The first-order valence-electron chi connectivity index (χ1n) is 4.28. The van der Waals surface area contributed by atoms with E-state index in [4.69, 9.17) is 10.8 Å². The Bertz CT molecular complexity index is 575. The van der Waals surface area contributed by atoms with Crippen LogP contribution in [0.25, 0.3) is 10.9 Å². The average molecular weight is 221 g/mol. The van der Waals surface area contributed by atoms with Crippen molar-refractivity contribution in [3.8, 4) is 0 Å². The van der Waals surface area contributed by atoms with Gasteiger partial charge in [-0.3, -0.25) is 9.63 Å². The van der Waals surface area contributed by atoms with Gasteiger partial charge < -0.3 is 10.8 Å². The van der Waals surface area contributed by atoms with Crippen molar-refractivity contribution in [2.24, 2.45) is 5.73 Å². The topological polar surface area (TPSA) is 107 Å². The number of primary amides is 1. The standard InChI is InChI=1S/C9H7N3O4/c10-8(13)7-5-3-1-2-4-6(5)12(11-7)16-9(14)15/h1-4H,(H2,10,13)(H,14,15). The Morgan fingerprint density at radius 1 is 1.38 bits per heavy atom. The van der Waals surface area contributed by atoms with E-state index in [9.17, 15) is 9.59 Å². The highest BCUT2D eigenvalue weighted by molar-refractivity contribution is 6.03. The fraction of sp³-hybridized carbons (Fsp3) is 0. The molecule has 2 rings (SSSR count). The maximum absolute atomic E-state index is 11.1. The van der Waals surface area contributed by atoms with Gasteiger partial charge in [-0.15, -0.1) is 5.10 Å². The molecule has 1 heterocycles. The van der Waals surface area contributed by atoms with Crippen molar-refractivity contribution in [2.75, 3.05) is 0 Å². The fourth-order valence-electron chi connectivity index (χ4n) is 1.36. The van der Waals surface area contributed by atoms with Crippen LogP contribution in [0.2, 0.25) is 0 Å². The molecule has 0 saturated heterocycles. The van der Waals surface area contributed by atoms with E-state index in [0.717, 1.165) is 4.85 Å². The molecule has 0 aliphatic rings. The zero-order valence-electron chi connectivity index (χ0n) is 7.95. The molecule has 3 N–H and O–H groups in total. The first-order valence-corrected chi connectivity index (χ1v) is 4.28.